The molecule has 1 heteroatoms. The van der Waals surface area contributed by atoms with E-state index in [4.69, 9.17) is 7.85 Å². The van der Waals surface area contributed by atoms with Crippen molar-refractivity contribution in [2.24, 2.45) is 0 Å². The van der Waals surface area contributed by atoms with Gasteiger partial charge in [-0.25, -0.2) is 0 Å². The third kappa shape index (κ3) is 1.92. The predicted octanol–water partition coefficient (Wildman–Crippen LogP) is 4.84. The highest BCUT2D eigenvalue weighted by Gasteiger charge is 2.46. The summed E-state index contributed by atoms with van der Waals surface area (Å²) in [4.78, 5) is 0. The van der Waals surface area contributed by atoms with E-state index in [1.165, 1.54) is 33.4 Å². The van der Waals surface area contributed by atoms with Crippen LogP contribution < -0.4 is 5.46 Å². The summed E-state index contributed by atoms with van der Waals surface area (Å²) in [6, 6.07) is 36.4. The van der Waals surface area contributed by atoms with Crippen molar-refractivity contribution in [3.05, 3.63) is 125 Å². The molecule has 0 nitrogen and oxygen atoms in total. The second kappa shape index (κ2) is 5.74. The topological polar surface area (TPSA) is 0 Å². The first kappa shape index (κ1) is 15.2. The highest BCUT2D eigenvalue weighted by atomic mass is 14.5. The van der Waals surface area contributed by atoms with E-state index >= 15 is 0 Å². The SMILES string of the molecule is [B]c1cccc2c1C(c1ccccc1)(c1ccccc1)c1ccccc1-2. The van der Waals surface area contributed by atoms with Crippen molar-refractivity contribution >= 4 is 13.3 Å². The molecule has 0 bridgehead atoms. The van der Waals surface area contributed by atoms with Crippen LogP contribution in [0.25, 0.3) is 11.1 Å². The van der Waals surface area contributed by atoms with Crippen LogP contribution in [0.4, 0.5) is 0 Å². The van der Waals surface area contributed by atoms with Crippen molar-refractivity contribution in [2.45, 2.75) is 5.41 Å². The summed E-state index contributed by atoms with van der Waals surface area (Å²) >= 11 is 0. The number of hydrogen-bond acceptors (Lipinski definition) is 0. The van der Waals surface area contributed by atoms with E-state index in [0.717, 1.165) is 5.46 Å². The Hall–Kier alpha value is -3.06. The molecule has 4 aromatic rings. The van der Waals surface area contributed by atoms with E-state index in [1.54, 1.807) is 0 Å². The lowest BCUT2D eigenvalue weighted by molar-refractivity contribution is 0.773. The first-order chi connectivity index (χ1) is 12.8. The maximum Gasteiger partial charge on any atom is 0.114 e. The van der Waals surface area contributed by atoms with Crippen LogP contribution in [0.3, 0.4) is 0 Å². The second-order valence-corrected chi connectivity index (χ2v) is 6.80. The van der Waals surface area contributed by atoms with Crippen molar-refractivity contribution in [3.8, 4) is 11.1 Å². The van der Waals surface area contributed by atoms with Gasteiger partial charge in [-0.05, 0) is 33.4 Å². The summed E-state index contributed by atoms with van der Waals surface area (Å²) < 4.78 is 0. The molecule has 5 rings (SSSR count). The molecule has 0 N–H and O–H groups in total. The van der Waals surface area contributed by atoms with Crippen molar-refractivity contribution in [3.63, 3.8) is 0 Å². The molecule has 0 atom stereocenters. The van der Waals surface area contributed by atoms with Crippen molar-refractivity contribution in [2.75, 3.05) is 0 Å². The molecule has 0 fully saturated rings. The van der Waals surface area contributed by atoms with Gasteiger partial charge in [-0.2, -0.15) is 0 Å². The minimum atomic E-state index is -0.389. The predicted molar refractivity (Wildman–Crippen MR) is 109 cm³/mol. The van der Waals surface area contributed by atoms with Crippen LogP contribution in [0.5, 0.6) is 0 Å². The summed E-state index contributed by atoms with van der Waals surface area (Å²) in [6.45, 7) is 0. The van der Waals surface area contributed by atoms with Crippen LogP contribution in [0, 0.1) is 0 Å². The van der Waals surface area contributed by atoms with Gasteiger partial charge in [0.05, 0.1) is 5.41 Å². The Kier molecular flexibility index (Phi) is 3.36. The normalized spacial score (nSPS) is 13.8. The monoisotopic (exact) mass is 328 g/mol. The van der Waals surface area contributed by atoms with Crippen LogP contribution >= 0.6 is 0 Å². The fourth-order valence-corrected chi connectivity index (χ4v) is 4.54. The standard InChI is InChI=1S/C25H17B/c26-23-17-9-15-21-20-14-7-8-16-22(20)25(24(21)23,18-10-3-1-4-11-18)19-12-5-2-6-13-19/h1-17H. The molecule has 0 unspecified atom stereocenters. The van der Waals surface area contributed by atoms with Gasteiger partial charge in [-0.15, -0.1) is 0 Å². The highest BCUT2D eigenvalue weighted by Crippen LogP contribution is 2.55. The van der Waals surface area contributed by atoms with Gasteiger partial charge < -0.3 is 0 Å². The van der Waals surface area contributed by atoms with Gasteiger partial charge in [0, 0.05) is 0 Å². The third-order valence-corrected chi connectivity index (χ3v) is 5.51. The molecule has 2 radical (unpaired) electrons. The van der Waals surface area contributed by atoms with Crippen molar-refractivity contribution < 1.29 is 0 Å². The summed E-state index contributed by atoms with van der Waals surface area (Å²) in [5.41, 5.74) is 7.93. The molecule has 1 aliphatic carbocycles. The summed E-state index contributed by atoms with van der Waals surface area (Å²) in [7, 11) is 6.60. The minimum absolute atomic E-state index is 0.389. The van der Waals surface area contributed by atoms with E-state index in [2.05, 4.69) is 97.1 Å². The van der Waals surface area contributed by atoms with Gasteiger partial charge in [-0.3, -0.25) is 0 Å². The molecular weight excluding hydrogens is 311 g/mol. The highest BCUT2D eigenvalue weighted by molar-refractivity contribution is 6.34. The van der Waals surface area contributed by atoms with Gasteiger partial charge in [0.2, 0.25) is 0 Å². The van der Waals surface area contributed by atoms with Crippen LogP contribution in [0.2, 0.25) is 0 Å². The lowest BCUT2D eigenvalue weighted by atomic mass is 9.64. The van der Waals surface area contributed by atoms with E-state index in [1.807, 2.05) is 6.07 Å². The third-order valence-electron chi connectivity index (χ3n) is 5.51. The van der Waals surface area contributed by atoms with E-state index in [9.17, 15) is 0 Å². The Morgan fingerprint density at radius 3 is 1.69 bits per heavy atom. The molecule has 0 saturated carbocycles. The van der Waals surface area contributed by atoms with Gasteiger partial charge >= 0.3 is 0 Å². The average molecular weight is 328 g/mol. The Morgan fingerprint density at radius 1 is 0.500 bits per heavy atom. The van der Waals surface area contributed by atoms with Crippen molar-refractivity contribution in [1.29, 1.82) is 0 Å². The molecule has 0 spiro atoms. The first-order valence-corrected chi connectivity index (χ1v) is 8.93. The maximum atomic E-state index is 6.60. The molecule has 0 saturated heterocycles. The number of benzene rings is 4. The van der Waals surface area contributed by atoms with Crippen molar-refractivity contribution in [1.82, 2.24) is 0 Å². The lowest BCUT2D eigenvalue weighted by Crippen LogP contribution is -2.33. The fraction of sp³-hybridized carbons (Fsp3) is 0.0400. The van der Waals surface area contributed by atoms with Gasteiger partial charge in [0.25, 0.3) is 0 Å². The molecule has 26 heavy (non-hydrogen) atoms. The molecule has 0 heterocycles. The van der Waals surface area contributed by atoms with E-state index in [0.29, 0.717) is 0 Å². The lowest BCUT2D eigenvalue weighted by Gasteiger charge is -2.35. The zero-order chi connectivity index (χ0) is 17.6. The Labute approximate surface area is 155 Å². The number of hydrogen-bond donors (Lipinski definition) is 0. The van der Waals surface area contributed by atoms with Crippen LogP contribution in [0.15, 0.2) is 103 Å². The Morgan fingerprint density at radius 2 is 1.04 bits per heavy atom. The zero-order valence-corrected chi connectivity index (χ0v) is 14.4. The summed E-state index contributed by atoms with van der Waals surface area (Å²) in [5.74, 6) is 0. The quantitative estimate of drug-likeness (QED) is 0.407. The largest absolute Gasteiger partial charge is 0.114 e. The summed E-state index contributed by atoms with van der Waals surface area (Å²) in [6.07, 6.45) is 0. The van der Waals surface area contributed by atoms with E-state index < -0.39 is 0 Å². The second-order valence-electron chi connectivity index (χ2n) is 6.80. The molecule has 1 aliphatic rings. The summed E-state index contributed by atoms with van der Waals surface area (Å²) in [5, 5.41) is 0. The molecule has 0 aromatic heterocycles. The zero-order valence-electron chi connectivity index (χ0n) is 14.4. The smallest absolute Gasteiger partial charge is 0.0913 e. The number of fused-ring (bicyclic) bond motifs is 3. The Bertz CT molecular complexity index is 1040. The Balaban J connectivity index is 2.01. The molecule has 0 amide bonds. The minimum Gasteiger partial charge on any atom is -0.0913 e. The van der Waals surface area contributed by atoms with Crippen LogP contribution in [0.1, 0.15) is 22.3 Å². The van der Waals surface area contributed by atoms with Crippen LogP contribution in [-0.2, 0) is 5.41 Å². The van der Waals surface area contributed by atoms with Gasteiger partial charge in [0.1, 0.15) is 7.85 Å². The van der Waals surface area contributed by atoms with Crippen LogP contribution in [-0.4, -0.2) is 7.85 Å². The molecule has 0 aliphatic heterocycles. The molecule has 4 aromatic carbocycles. The first-order valence-electron chi connectivity index (χ1n) is 8.93. The number of rotatable bonds is 2. The maximum absolute atomic E-state index is 6.60. The van der Waals surface area contributed by atoms with Gasteiger partial charge in [0.15, 0.2) is 0 Å². The van der Waals surface area contributed by atoms with Gasteiger partial charge in [-0.1, -0.05) is 109 Å². The fourth-order valence-electron chi connectivity index (χ4n) is 4.54. The van der Waals surface area contributed by atoms with E-state index in [-0.39, 0.29) is 5.41 Å². The molecular formula is C25H17B. The molecule has 120 valence electrons. The average Bonchev–Trinajstić information content (AvgIpc) is 3.02.